The number of carbonyl (C=O) groups is 1. The molecule has 7 heteroatoms. The quantitative estimate of drug-likeness (QED) is 0.653. The molecule has 1 unspecified atom stereocenters. The van der Waals surface area contributed by atoms with Crippen LogP contribution in [-0.2, 0) is 17.9 Å². The molecule has 146 valence electrons. The van der Waals surface area contributed by atoms with Gasteiger partial charge in [0.25, 0.3) is 5.89 Å². The number of benzene rings is 1. The monoisotopic (exact) mass is 380 g/mol. The molecule has 0 N–H and O–H groups in total. The van der Waals surface area contributed by atoms with Crippen molar-refractivity contribution in [3.05, 3.63) is 60.2 Å². The molecule has 0 spiro atoms. The van der Waals surface area contributed by atoms with Gasteiger partial charge in [0.05, 0.1) is 12.8 Å². The Labute approximate surface area is 164 Å². The van der Waals surface area contributed by atoms with Crippen LogP contribution in [0.25, 0.3) is 11.7 Å². The summed E-state index contributed by atoms with van der Waals surface area (Å²) in [5, 5.41) is 8.19. The van der Waals surface area contributed by atoms with Crippen LogP contribution in [0, 0.1) is 0 Å². The molecule has 4 rings (SSSR count). The lowest BCUT2D eigenvalue weighted by Gasteiger charge is -2.31. The van der Waals surface area contributed by atoms with Gasteiger partial charge in [-0.25, -0.2) is 0 Å². The fourth-order valence-corrected chi connectivity index (χ4v) is 3.59. The van der Waals surface area contributed by atoms with Gasteiger partial charge >= 0.3 is 0 Å². The molecule has 1 saturated heterocycles. The van der Waals surface area contributed by atoms with E-state index in [2.05, 4.69) is 34.2 Å². The first-order valence-corrected chi connectivity index (χ1v) is 9.65. The van der Waals surface area contributed by atoms with Crippen LogP contribution >= 0.6 is 0 Å². The molecule has 7 nitrogen and oxygen atoms in total. The summed E-state index contributed by atoms with van der Waals surface area (Å²) in [5.74, 6) is 1.67. The van der Waals surface area contributed by atoms with Gasteiger partial charge in [0, 0.05) is 32.1 Å². The predicted octanol–water partition coefficient (Wildman–Crippen LogP) is 3.34. The summed E-state index contributed by atoms with van der Waals surface area (Å²) in [6.07, 6.45) is 2.96. The van der Waals surface area contributed by atoms with E-state index in [-0.39, 0.29) is 11.9 Å². The van der Waals surface area contributed by atoms with Crippen LogP contribution in [0.4, 0.5) is 0 Å². The summed E-state index contributed by atoms with van der Waals surface area (Å²) in [7, 11) is 0. The van der Waals surface area contributed by atoms with Gasteiger partial charge < -0.3 is 13.7 Å². The predicted molar refractivity (Wildman–Crippen MR) is 103 cm³/mol. The highest BCUT2D eigenvalue weighted by atomic mass is 16.4. The van der Waals surface area contributed by atoms with E-state index < -0.39 is 0 Å². The van der Waals surface area contributed by atoms with Gasteiger partial charge in [0.1, 0.15) is 0 Å². The first-order valence-electron chi connectivity index (χ1n) is 9.65. The standard InChI is InChI=1S/C21H24N4O3/c1-2-17-14-24(15-19-22-23-21(28-19)18-9-6-12-27-18)11-10-20(26)25(17)13-16-7-4-3-5-8-16/h3-9,12,17H,2,10-11,13-15H2,1H3. The van der Waals surface area contributed by atoms with Crippen LogP contribution in [0.15, 0.2) is 57.6 Å². The summed E-state index contributed by atoms with van der Waals surface area (Å²) in [4.78, 5) is 17.0. The molecule has 1 aliphatic heterocycles. The molecule has 0 aliphatic carbocycles. The van der Waals surface area contributed by atoms with Crippen molar-refractivity contribution in [1.82, 2.24) is 20.0 Å². The molecular formula is C21H24N4O3. The number of aromatic nitrogens is 2. The Morgan fingerprint density at radius 2 is 1.96 bits per heavy atom. The number of furan rings is 1. The maximum absolute atomic E-state index is 12.8. The second-order valence-electron chi connectivity index (χ2n) is 7.03. The summed E-state index contributed by atoms with van der Waals surface area (Å²) >= 11 is 0. The van der Waals surface area contributed by atoms with Crippen molar-refractivity contribution in [3.8, 4) is 11.7 Å². The van der Waals surface area contributed by atoms with Crippen molar-refractivity contribution in [2.75, 3.05) is 13.1 Å². The Morgan fingerprint density at radius 1 is 1.11 bits per heavy atom. The minimum Gasteiger partial charge on any atom is -0.459 e. The zero-order chi connectivity index (χ0) is 19.3. The van der Waals surface area contributed by atoms with Crippen LogP contribution in [0.5, 0.6) is 0 Å². The van der Waals surface area contributed by atoms with E-state index in [0.717, 1.165) is 18.5 Å². The van der Waals surface area contributed by atoms with E-state index in [1.54, 1.807) is 18.4 Å². The van der Waals surface area contributed by atoms with Gasteiger partial charge in [-0.1, -0.05) is 37.3 Å². The van der Waals surface area contributed by atoms with E-state index in [0.29, 0.717) is 43.6 Å². The van der Waals surface area contributed by atoms with Gasteiger partial charge in [-0.3, -0.25) is 9.69 Å². The average Bonchev–Trinajstić information content (AvgIpc) is 3.38. The van der Waals surface area contributed by atoms with E-state index >= 15 is 0 Å². The number of nitrogens with zero attached hydrogens (tertiary/aromatic N) is 4. The Bertz CT molecular complexity index is 892. The molecule has 2 aromatic heterocycles. The van der Waals surface area contributed by atoms with Gasteiger partial charge in [-0.2, -0.15) is 0 Å². The van der Waals surface area contributed by atoms with Gasteiger partial charge in [-0.15, -0.1) is 10.2 Å². The molecular weight excluding hydrogens is 356 g/mol. The Morgan fingerprint density at radius 3 is 2.71 bits per heavy atom. The molecule has 1 atom stereocenters. The van der Waals surface area contributed by atoms with Crippen molar-refractivity contribution in [3.63, 3.8) is 0 Å². The first-order chi connectivity index (χ1) is 13.7. The third-order valence-electron chi connectivity index (χ3n) is 5.10. The Kier molecular flexibility index (Phi) is 5.53. The molecule has 0 saturated carbocycles. The first kappa shape index (κ1) is 18.4. The highest BCUT2D eigenvalue weighted by molar-refractivity contribution is 5.77. The number of hydrogen-bond donors (Lipinski definition) is 0. The van der Waals surface area contributed by atoms with Crippen molar-refractivity contribution in [2.24, 2.45) is 0 Å². The zero-order valence-electron chi connectivity index (χ0n) is 16.0. The normalized spacial score (nSPS) is 18.4. The molecule has 1 aliphatic rings. The van der Waals surface area contributed by atoms with Crippen LogP contribution < -0.4 is 0 Å². The molecule has 0 bridgehead atoms. The lowest BCUT2D eigenvalue weighted by molar-refractivity contribution is -0.133. The summed E-state index contributed by atoms with van der Waals surface area (Å²) in [5.41, 5.74) is 1.16. The highest BCUT2D eigenvalue weighted by Crippen LogP contribution is 2.21. The number of rotatable bonds is 6. The lowest BCUT2D eigenvalue weighted by atomic mass is 10.1. The second-order valence-corrected chi connectivity index (χ2v) is 7.03. The molecule has 1 aromatic carbocycles. The molecule has 28 heavy (non-hydrogen) atoms. The van der Waals surface area contributed by atoms with E-state index in [9.17, 15) is 4.79 Å². The van der Waals surface area contributed by atoms with Gasteiger partial charge in [0.15, 0.2) is 5.76 Å². The largest absolute Gasteiger partial charge is 0.459 e. The number of hydrogen-bond acceptors (Lipinski definition) is 6. The smallest absolute Gasteiger partial charge is 0.283 e. The zero-order valence-corrected chi connectivity index (χ0v) is 16.0. The van der Waals surface area contributed by atoms with Crippen LogP contribution in [0.2, 0.25) is 0 Å². The van der Waals surface area contributed by atoms with Gasteiger partial charge in [-0.05, 0) is 24.1 Å². The summed E-state index contributed by atoms with van der Waals surface area (Å²) in [6, 6.07) is 13.9. The molecule has 0 radical (unpaired) electrons. The Hall–Kier alpha value is -2.93. The average molecular weight is 380 g/mol. The SMILES string of the molecule is CCC1CN(Cc2nnc(-c3ccco3)o2)CCC(=O)N1Cc1ccccc1. The molecule has 3 aromatic rings. The maximum atomic E-state index is 12.8. The van der Waals surface area contributed by atoms with Crippen molar-refractivity contribution in [2.45, 2.75) is 38.9 Å². The number of carbonyl (C=O) groups excluding carboxylic acids is 1. The van der Waals surface area contributed by atoms with Gasteiger partial charge in [0.2, 0.25) is 11.8 Å². The third-order valence-corrected chi connectivity index (χ3v) is 5.10. The van der Waals surface area contributed by atoms with Crippen molar-refractivity contribution >= 4 is 5.91 Å². The molecule has 3 heterocycles. The third kappa shape index (κ3) is 4.14. The van der Waals surface area contributed by atoms with E-state index in [1.807, 2.05) is 23.1 Å². The lowest BCUT2D eigenvalue weighted by Crippen LogP contribution is -2.42. The Balaban J connectivity index is 1.45. The van der Waals surface area contributed by atoms with Crippen LogP contribution in [0.3, 0.4) is 0 Å². The molecule has 1 fully saturated rings. The highest BCUT2D eigenvalue weighted by Gasteiger charge is 2.29. The second kappa shape index (κ2) is 8.39. The number of amides is 1. The topological polar surface area (TPSA) is 75.6 Å². The van der Waals surface area contributed by atoms with Crippen LogP contribution in [-0.4, -0.2) is 45.0 Å². The fraction of sp³-hybridized carbons (Fsp3) is 0.381. The maximum Gasteiger partial charge on any atom is 0.283 e. The van der Waals surface area contributed by atoms with E-state index in [4.69, 9.17) is 8.83 Å². The minimum atomic E-state index is 0.155. The molecule has 1 amide bonds. The fourth-order valence-electron chi connectivity index (χ4n) is 3.59. The van der Waals surface area contributed by atoms with Crippen molar-refractivity contribution in [1.29, 1.82) is 0 Å². The van der Waals surface area contributed by atoms with Crippen LogP contribution in [0.1, 0.15) is 31.2 Å². The van der Waals surface area contributed by atoms with E-state index in [1.165, 1.54) is 0 Å². The summed E-state index contributed by atoms with van der Waals surface area (Å²) in [6.45, 7) is 4.76. The minimum absolute atomic E-state index is 0.155. The summed E-state index contributed by atoms with van der Waals surface area (Å²) < 4.78 is 11.0. The van der Waals surface area contributed by atoms with Crippen molar-refractivity contribution < 1.29 is 13.6 Å².